The van der Waals surface area contributed by atoms with E-state index in [1.165, 1.54) is 18.7 Å². The van der Waals surface area contributed by atoms with E-state index < -0.39 is 0 Å². The molecule has 0 aliphatic carbocycles. The number of amides is 1. The molecule has 62 valence electrons. The Balaban J connectivity index is 3.96. The Hall–Kier alpha value is -0.640. The molecule has 0 N–H and O–H groups in total. The number of nitrogens with zero attached hydrogens (tertiary/aromatic N) is 1. The zero-order valence-electron chi connectivity index (χ0n) is 6.88. The van der Waals surface area contributed by atoms with Crippen LogP contribution in [0.15, 0.2) is 4.99 Å². The largest absolute Gasteiger partial charge is 0.299 e. The van der Waals surface area contributed by atoms with Crippen LogP contribution in [-0.2, 0) is 9.59 Å². The molecule has 0 fully saturated rings. The quantitative estimate of drug-likeness (QED) is 0.359. The van der Waals surface area contributed by atoms with Crippen molar-refractivity contribution in [2.75, 3.05) is 6.26 Å². The van der Waals surface area contributed by atoms with Crippen LogP contribution >= 0.6 is 11.8 Å². The summed E-state index contributed by atoms with van der Waals surface area (Å²) in [6.45, 7) is 3.12. The van der Waals surface area contributed by atoms with Gasteiger partial charge in [0.05, 0.1) is 11.5 Å². The summed E-state index contributed by atoms with van der Waals surface area (Å²) < 4.78 is 0. The molecular weight excluding hydrogens is 162 g/mol. The molecule has 0 spiro atoms. The molecular formula is C7H11NO2S. The number of carbonyl (C=O) groups excluding carboxylic acids is 2. The number of hydrogen-bond acceptors (Lipinski definition) is 3. The molecule has 0 rings (SSSR count). The standard InChI is InChI=1S/C7H11NO2S/c1-5(9)4-7(10)8-6(2)11-3/h4H2,1-3H3. The van der Waals surface area contributed by atoms with Crippen molar-refractivity contribution in [3.05, 3.63) is 0 Å². The Morgan fingerprint density at radius 2 is 1.91 bits per heavy atom. The van der Waals surface area contributed by atoms with Gasteiger partial charge in [0.1, 0.15) is 5.78 Å². The molecule has 0 aliphatic rings. The van der Waals surface area contributed by atoms with Crippen molar-refractivity contribution in [1.82, 2.24) is 0 Å². The predicted molar refractivity (Wildman–Crippen MR) is 46.9 cm³/mol. The molecule has 0 aromatic rings. The minimum absolute atomic E-state index is 0.0854. The SMILES string of the molecule is CSC(C)=NC(=O)CC(C)=O. The van der Waals surface area contributed by atoms with Crippen LogP contribution in [-0.4, -0.2) is 23.0 Å². The van der Waals surface area contributed by atoms with Gasteiger partial charge in [-0.1, -0.05) is 0 Å². The van der Waals surface area contributed by atoms with E-state index in [0.29, 0.717) is 5.04 Å². The summed E-state index contributed by atoms with van der Waals surface area (Å²) in [5, 5.41) is 0.691. The molecule has 0 saturated carbocycles. The molecule has 0 radical (unpaired) electrons. The van der Waals surface area contributed by atoms with E-state index in [2.05, 4.69) is 4.99 Å². The lowest BCUT2D eigenvalue weighted by molar-refractivity contribution is -0.125. The number of carbonyl (C=O) groups is 2. The van der Waals surface area contributed by atoms with Crippen LogP contribution in [0.3, 0.4) is 0 Å². The first-order valence-electron chi connectivity index (χ1n) is 3.17. The Kier molecular flexibility index (Phi) is 4.77. The Bertz CT molecular complexity index is 199. The Morgan fingerprint density at radius 3 is 2.27 bits per heavy atom. The highest BCUT2D eigenvalue weighted by atomic mass is 32.2. The number of rotatable bonds is 2. The Morgan fingerprint density at radius 1 is 1.36 bits per heavy atom. The molecule has 0 bridgehead atoms. The second-order valence-electron chi connectivity index (χ2n) is 2.11. The summed E-state index contributed by atoms with van der Waals surface area (Å²) in [4.78, 5) is 24.9. The molecule has 0 unspecified atom stereocenters. The van der Waals surface area contributed by atoms with Crippen molar-refractivity contribution < 1.29 is 9.59 Å². The van der Waals surface area contributed by atoms with Gasteiger partial charge in [0.15, 0.2) is 0 Å². The van der Waals surface area contributed by atoms with Gasteiger partial charge in [0, 0.05) is 0 Å². The van der Waals surface area contributed by atoms with Crippen molar-refractivity contribution in [1.29, 1.82) is 0 Å². The van der Waals surface area contributed by atoms with Crippen LogP contribution in [0.25, 0.3) is 0 Å². The molecule has 0 aliphatic heterocycles. The first-order chi connectivity index (χ1) is 5.06. The van der Waals surface area contributed by atoms with Crippen LogP contribution in [0.5, 0.6) is 0 Å². The number of aliphatic imine (C=N–C) groups is 1. The second-order valence-corrected chi connectivity index (χ2v) is 3.11. The van der Waals surface area contributed by atoms with Crippen molar-refractivity contribution in [3.63, 3.8) is 0 Å². The summed E-state index contributed by atoms with van der Waals surface area (Å²) in [5.41, 5.74) is 0. The van der Waals surface area contributed by atoms with Gasteiger partial charge >= 0.3 is 0 Å². The molecule has 11 heavy (non-hydrogen) atoms. The third-order valence-corrected chi connectivity index (χ3v) is 1.66. The summed E-state index contributed by atoms with van der Waals surface area (Å²) in [6.07, 6.45) is 1.75. The number of thioether (sulfide) groups is 1. The van der Waals surface area contributed by atoms with Crippen LogP contribution < -0.4 is 0 Å². The first kappa shape index (κ1) is 10.4. The molecule has 0 saturated heterocycles. The van der Waals surface area contributed by atoms with Gasteiger partial charge in [-0.15, -0.1) is 11.8 Å². The van der Waals surface area contributed by atoms with E-state index in [0.717, 1.165) is 0 Å². The normalized spacial score (nSPS) is 11.4. The molecule has 1 amide bonds. The lowest BCUT2D eigenvalue weighted by Gasteiger charge is -1.92. The average Bonchev–Trinajstić information content (AvgIpc) is 1.85. The monoisotopic (exact) mass is 173 g/mol. The van der Waals surface area contributed by atoms with Crippen LogP contribution in [0.4, 0.5) is 0 Å². The fraction of sp³-hybridized carbons (Fsp3) is 0.571. The van der Waals surface area contributed by atoms with E-state index in [9.17, 15) is 9.59 Å². The van der Waals surface area contributed by atoms with Gasteiger partial charge in [-0.25, -0.2) is 4.99 Å². The smallest absolute Gasteiger partial charge is 0.253 e. The van der Waals surface area contributed by atoms with Crippen molar-refractivity contribution in [2.24, 2.45) is 4.99 Å². The van der Waals surface area contributed by atoms with Crippen molar-refractivity contribution >= 4 is 28.5 Å². The fourth-order valence-electron chi connectivity index (χ4n) is 0.474. The van der Waals surface area contributed by atoms with Crippen LogP contribution in [0.2, 0.25) is 0 Å². The first-order valence-corrected chi connectivity index (χ1v) is 4.40. The molecule has 0 aromatic carbocycles. The summed E-state index contributed by atoms with van der Waals surface area (Å²) in [5.74, 6) is -0.503. The van der Waals surface area contributed by atoms with E-state index in [1.54, 1.807) is 6.92 Å². The molecule has 3 nitrogen and oxygen atoms in total. The minimum Gasteiger partial charge on any atom is -0.299 e. The molecule has 4 heteroatoms. The zero-order valence-corrected chi connectivity index (χ0v) is 7.70. The molecule has 0 aromatic heterocycles. The van der Waals surface area contributed by atoms with Crippen molar-refractivity contribution in [3.8, 4) is 0 Å². The lowest BCUT2D eigenvalue weighted by Crippen LogP contribution is -2.02. The Labute approximate surface area is 70.3 Å². The molecule has 0 heterocycles. The van der Waals surface area contributed by atoms with Gasteiger partial charge in [-0.2, -0.15) is 0 Å². The average molecular weight is 173 g/mol. The van der Waals surface area contributed by atoms with Gasteiger partial charge in [0.25, 0.3) is 5.91 Å². The van der Waals surface area contributed by atoms with Gasteiger partial charge < -0.3 is 0 Å². The summed E-state index contributed by atoms with van der Waals surface area (Å²) in [7, 11) is 0. The van der Waals surface area contributed by atoms with Gasteiger partial charge in [-0.3, -0.25) is 9.59 Å². The molecule has 0 atom stereocenters. The predicted octanol–water partition coefficient (Wildman–Crippen LogP) is 1.27. The number of ketones is 1. The highest BCUT2D eigenvalue weighted by Gasteiger charge is 2.02. The highest BCUT2D eigenvalue weighted by Crippen LogP contribution is 1.98. The highest BCUT2D eigenvalue weighted by molar-refractivity contribution is 8.13. The van der Waals surface area contributed by atoms with E-state index >= 15 is 0 Å². The number of hydrogen-bond donors (Lipinski definition) is 0. The fourth-order valence-corrected chi connectivity index (χ4v) is 0.667. The van der Waals surface area contributed by atoms with Crippen LogP contribution in [0.1, 0.15) is 20.3 Å². The third kappa shape index (κ3) is 5.79. The zero-order chi connectivity index (χ0) is 8.85. The van der Waals surface area contributed by atoms with Crippen molar-refractivity contribution in [2.45, 2.75) is 20.3 Å². The van der Waals surface area contributed by atoms with E-state index in [1.807, 2.05) is 6.26 Å². The van der Waals surface area contributed by atoms with Gasteiger partial charge in [-0.05, 0) is 20.1 Å². The van der Waals surface area contributed by atoms with Crippen LogP contribution in [0, 0.1) is 0 Å². The maximum absolute atomic E-state index is 10.8. The second kappa shape index (κ2) is 5.07. The third-order valence-electron chi connectivity index (χ3n) is 0.978. The minimum atomic E-state index is -0.357. The lowest BCUT2D eigenvalue weighted by atomic mass is 10.3. The number of Topliss-reactive ketones (excluding diaryl/α,β-unsaturated/α-hetero) is 1. The maximum Gasteiger partial charge on any atom is 0.253 e. The topological polar surface area (TPSA) is 46.5 Å². The van der Waals surface area contributed by atoms with E-state index in [4.69, 9.17) is 0 Å². The van der Waals surface area contributed by atoms with E-state index in [-0.39, 0.29) is 18.1 Å². The maximum atomic E-state index is 10.8. The van der Waals surface area contributed by atoms with Gasteiger partial charge in [0.2, 0.25) is 0 Å². The summed E-state index contributed by atoms with van der Waals surface area (Å²) in [6, 6.07) is 0. The summed E-state index contributed by atoms with van der Waals surface area (Å²) >= 11 is 1.40.